The lowest BCUT2D eigenvalue weighted by Crippen LogP contribution is -2.93. The summed E-state index contributed by atoms with van der Waals surface area (Å²) in [6, 6.07) is 3.01. The molecule has 0 heterocycles. The highest BCUT2D eigenvalue weighted by Crippen LogP contribution is 2.37. The van der Waals surface area contributed by atoms with Gasteiger partial charge in [-0.15, -0.1) is 0 Å². The molecule has 0 nitrogen and oxygen atoms in total. The smallest absolute Gasteiger partial charge is 0.0716 e. The van der Waals surface area contributed by atoms with Crippen molar-refractivity contribution in [3.63, 3.8) is 0 Å². The standard InChI is InChI=1S/C27H64Si8/c1-28(2,3)23-22-24(35(32(13,14)15,33(16,17)18)34(19,20)21)26(30(7,8)9)27(31(10,11)12)25(23)29(4,5)6/h22H,1-21H3. The van der Waals surface area contributed by atoms with E-state index < -0.39 is 61.7 Å². The van der Waals surface area contributed by atoms with E-state index in [1.165, 1.54) is 0 Å². The van der Waals surface area contributed by atoms with Crippen molar-refractivity contribution < 1.29 is 0 Å². The minimum atomic E-state index is -1.72. The molecule has 0 saturated carbocycles. The van der Waals surface area contributed by atoms with Crippen molar-refractivity contribution in [1.29, 1.82) is 0 Å². The van der Waals surface area contributed by atoms with E-state index in [0.29, 0.717) is 0 Å². The zero-order chi connectivity index (χ0) is 28.6. The van der Waals surface area contributed by atoms with Gasteiger partial charge in [0.25, 0.3) is 0 Å². The largest absolute Gasteiger partial charge is 0.0774 e. The fraction of sp³-hybridized carbons (Fsp3) is 0.778. The Bertz CT molecular complexity index is 893. The van der Waals surface area contributed by atoms with Crippen molar-refractivity contribution in [3.05, 3.63) is 6.07 Å². The lowest BCUT2D eigenvalue weighted by molar-refractivity contribution is 1.65. The van der Waals surface area contributed by atoms with E-state index in [1.807, 2.05) is 20.7 Å². The Morgan fingerprint density at radius 2 is 0.571 bits per heavy atom. The number of hydrogen-bond donors (Lipinski definition) is 0. The van der Waals surface area contributed by atoms with Crippen LogP contribution in [-0.2, 0) is 0 Å². The van der Waals surface area contributed by atoms with E-state index in [0.717, 1.165) is 0 Å². The lowest BCUT2D eigenvalue weighted by Gasteiger charge is -2.60. The fourth-order valence-electron chi connectivity index (χ4n) is 8.47. The summed E-state index contributed by atoms with van der Waals surface area (Å²) in [5, 5.41) is 9.87. The molecule has 0 aliphatic heterocycles. The molecule has 35 heavy (non-hydrogen) atoms. The Morgan fingerprint density at radius 1 is 0.314 bits per heavy atom. The molecule has 1 rings (SSSR count). The van der Waals surface area contributed by atoms with Crippen molar-refractivity contribution in [2.45, 2.75) is 137 Å². The van der Waals surface area contributed by atoms with Gasteiger partial charge in [0.1, 0.15) is 0 Å². The molecule has 1 aromatic carbocycles. The molecule has 0 saturated heterocycles. The minimum Gasteiger partial charge on any atom is -0.0716 e. The van der Waals surface area contributed by atoms with Crippen molar-refractivity contribution in [2.24, 2.45) is 0 Å². The van der Waals surface area contributed by atoms with Gasteiger partial charge in [-0.1, -0.05) is 169 Å². The van der Waals surface area contributed by atoms with Gasteiger partial charge >= 0.3 is 0 Å². The van der Waals surface area contributed by atoms with Crippen LogP contribution in [0.5, 0.6) is 0 Å². The third-order valence-corrected chi connectivity index (χ3v) is 88.3. The summed E-state index contributed by atoms with van der Waals surface area (Å²) in [5.74, 6) is 0. The average Bonchev–Trinajstić information content (AvgIpc) is 2.45. The topological polar surface area (TPSA) is 0 Å². The molecule has 0 spiro atoms. The molecule has 0 amide bonds. The molecular weight excluding hydrogens is 549 g/mol. The van der Waals surface area contributed by atoms with Crippen LogP contribution in [0.2, 0.25) is 137 Å². The molecule has 0 aromatic heterocycles. The number of benzene rings is 1. The number of hydrogen-bond acceptors (Lipinski definition) is 0. The normalized spacial score (nSPS) is 15.6. The Kier molecular flexibility index (Phi) is 9.27. The maximum atomic E-state index is 3.01. The second-order valence-electron chi connectivity index (χ2n) is 18.6. The predicted molar refractivity (Wildman–Crippen MR) is 194 cm³/mol. The zero-order valence-electron chi connectivity index (χ0n) is 28.1. The zero-order valence-corrected chi connectivity index (χ0v) is 36.1. The summed E-state index contributed by atoms with van der Waals surface area (Å²) in [6.07, 6.45) is 0. The van der Waals surface area contributed by atoms with Gasteiger partial charge in [0.2, 0.25) is 0 Å². The first-order valence-electron chi connectivity index (χ1n) is 14.1. The molecule has 1 aromatic rings. The van der Waals surface area contributed by atoms with Crippen molar-refractivity contribution in [2.75, 3.05) is 0 Å². The Hall–Kier alpha value is 0.955. The molecule has 0 bridgehead atoms. The lowest BCUT2D eigenvalue weighted by atomic mass is 10.3. The van der Waals surface area contributed by atoms with E-state index in [4.69, 9.17) is 0 Å². The van der Waals surface area contributed by atoms with Gasteiger partial charge in [-0.2, -0.15) is 0 Å². The van der Waals surface area contributed by atoms with E-state index >= 15 is 0 Å². The molecular formula is C27H64Si8. The second kappa shape index (κ2) is 9.55. The highest BCUT2D eigenvalue weighted by Gasteiger charge is 2.64. The van der Waals surface area contributed by atoms with Gasteiger partial charge < -0.3 is 0 Å². The molecule has 204 valence electrons. The van der Waals surface area contributed by atoms with E-state index in [2.05, 4.69) is 149 Å². The summed E-state index contributed by atoms with van der Waals surface area (Å²) >= 11 is 0. The van der Waals surface area contributed by atoms with E-state index in [9.17, 15) is 0 Å². The van der Waals surface area contributed by atoms with Gasteiger partial charge in [-0.05, 0) is 0 Å². The Balaban J connectivity index is 4.98. The first-order chi connectivity index (χ1) is 14.8. The van der Waals surface area contributed by atoms with Crippen LogP contribution in [0.4, 0.5) is 0 Å². The van der Waals surface area contributed by atoms with Crippen molar-refractivity contribution in [3.8, 4) is 0 Å². The third-order valence-electron chi connectivity index (χ3n) is 8.16. The maximum Gasteiger partial charge on any atom is 0.0774 e. The van der Waals surface area contributed by atoms with Crippen molar-refractivity contribution >= 4 is 87.6 Å². The van der Waals surface area contributed by atoms with Gasteiger partial charge in [-0.25, -0.2) is 0 Å². The third kappa shape index (κ3) is 6.25. The van der Waals surface area contributed by atoms with Gasteiger partial charge in [0, 0.05) is 22.8 Å². The van der Waals surface area contributed by atoms with E-state index in [1.54, 1.807) is 0 Å². The van der Waals surface area contributed by atoms with Crippen LogP contribution in [0.3, 0.4) is 0 Å². The van der Waals surface area contributed by atoms with Gasteiger partial charge in [0.15, 0.2) is 0 Å². The summed E-state index contributed by atoms with van der Waals surface area (Å²) in [7, 11) is -10.6. The molecule has 0 aliphatic rings. The Morgan fingerprint density at radius 3 is 0.771 bits per heavy atom. The molecule has 0 atom stereocenters. The SMILES string of the molecule is C[Si](C)(C)c1cc([Si]([Si](C)(C)C)([Si](C)(C)C)[Si](C)(C)C)c([Si](C)(C)C)c([Si](C)(C)C)c1[Si](C)(C)C. The first kappa shape index (κ1) is 34.0. The maximum absolute atomic E-state index is 3.01. The van der Waals surface area contributed by atoms with Crippen molar-refractivity contribution in [1.82, 2.24) is 0 Å². The van der Waals surface area contributed by atoms with Gasteiger partial charge in [0.05, 0.1) is 38.9 Å². The summed E-state index contributed by atoms with van der Waals surface area (Å²) in [5.41, 5.74) is 0. The molecule has 0 N–H and O–H groups in total. The van der Waals surface area contributed by atoms with Crippen LogP contribution < -0.4 is 25.9 Å². The molecule has 0 aliphatic carbocycles. The monoisotopic (exact) mass is 612 g/mol. The number of rotatable bonds is 8. The van der Waals surface area contributed by atoms with Crippen LogP contribution in [-0.4, -0.2) is 61.7 Å². The van der Waals surface area contributed by atoms with Crippen LogP contribution in [0, 0.1) is 0 Å². The highest BCUT2D eigenvalue weighted by atomic mass is 29.9. The van der Waals surface area contributed by atoms with Crippen LogP contribution in [0.1, 0.15) is 0 Å². The highest BCUT2D eigenvalue weighted by molar-refractivity contribution is 7.93. The summed E-state index contributed by atoms with van der Waals surface area (Å²) in [6.45, 7) is 55.6. The van der Waals surface area contributed by atoms with Crippen LogP contribution >= 0.6 is 0 Å². The molecule has 8 heteroatoms. The van der Waals surface area contributed by atoms with E-state index in [-0.39, 0.29) is 0 Å². The average molecular weight is 613 g/mol. The van der Waals surface area contributed by atoms with Crippen LogP contribution in [0.25, 0.3) is 0 Å². The summed E-state index contributed by atoms with van der Waals surface area (Å²) in [4.78, 5) is 0. The molecule has 0 unspecified atom stereocenters. The van der Waals surface area contributed by atoms with Crippen LogP contribution in [0.15, 0.2) is 6.07 Å². The van der Waals surface area contributed by atoms with Gasteiger partial charge in [-0.3, -0.25) is 0 Å². The predicted octanol–water partition coefficient (Wildman–Crippen LogP) is 6.77. The molecule has 0 fully saturated rings. The second-order valence-corrected chi connectivity index (χ2v) is 78.9. The first-order valence-corrected chi connectivity index (χ1v) is 43.6. The quantitative estimate of drug-likeness (QED) is 0.284. The minimum absolute atomic E-state index is 1.46. The Labute approximate surface area is 230 Å². The summed E-state index contributed by atoms with van der Waals surface area (Å²) < 4.78 is 0. The molecule has 0 radical (unpaired) electrons. The fourth-order valence-corrected chi connectivity index (χ4v) is 125.